The molecule has 0 aliphatic carbocycles. The average molecular weight is 288 g/mol. The van der Waals surface area contributed by atoms with E-state index in [9.17, 15) is 0 Å². The van der Waals surface area contributed by atoms with Crippen LogP contribution in [0.15, 0.2) is 29.3 Å². The molecular formula is C17H28N4. The van der Waals surface area contributed by atoms with E-state index in [0.717, 1.165) is 25.1 Å². The molecule has 1 saturated heterocycles. The highest BCUT2D eigenvalue weighted by atomic mass is 15.2. The summed E-state index contributed by atoms with van der Waals surface area (Å²) in [4.78, 5) is 6.71. The molecule has 1 fully saturated rings. The van der Waals surface area contributed by atoms with Crippen molar-refractivity contribution in [2.45, 2.75) is 45.3 Å². The summed E-state index contributed by atoms with van der Waals surface area (Å²) in [6, 6.07) is 9.64. The van der Waals surface area contributed by atoms with Crippen LogP contribution in [0.5, 0.6) is 0 Å². The Hall–Kier alpha value is -1.55. The summed E-state index contributed by atoms with van der Waals surface area (Å²) in [5, 5.41) is 6.30. The highest BCUT2D eigenvalue weighted by molar-refractivity contribution is 5.79. The first-order valence-electron chi connectivity index (χ1n) is 7.93. The van der Waals surface area contributed by atoms with E-state index in [1.54, 1.807) is 7.05 Å². The second-order valence-electron chi connectivity index (χ2n) is 5.81. The second-order valence-corrected chi connectivity index (χ2v) is 5.81. The number of rotatable bonds is 4. The van der Waals surface area contributed by atoms with Crippen LogP contribution in [0, 0.1) is 0 Å². The number of hydrogen-bond acceptors (Lipinski definition) is 2. The van der Waals surface area contributed by atoms with Crippen molar-refractivity contribution >= 4 is 5.96 Å². The number of benzene rings is 1. The van der Waals surface area contributed by atoms with Crippen molar-refractivity contribution < 1.29 is 0 Å². The van der Waals surface area contributed by atoms with Gasteiger partial charge in [-0.25, -0.2) is 0 Å². The number of aliphatic imine (C=N–C) groups is 1. The average Bonchev–Trinajstić information content (AvgIpc) is 2.52. The van der Waals surface area contributed by atoms with Gasteiger partial charge in [0.25, 0.3) is 0 Å². The van der Waals surface area contributed by atoms with Gasteiger partial charge in [-0.05, 0) is 37.4 Å². The van der Waals surface area contributed by atoms with Gasteiger partial charge < -0.3 is 10.6 Å². The molecule has 0 amide bonds. The quantitative estimate of drug-likeness (QED) is 0.660. The highest BCUT2D eigenvalue weighted by Gasteiger charge is 2.17. The van der Waals surface area contributed by atoms with Gasteiger partial charge in [0.1, 0.15) is 0 Å². The van der Waals surface area contributed by atoms with Crippen molar-refractivity contribution in [1.29, 1.82) is 0 Å². The molecule has 1 aromatic carbocycles. The van der Waals surface area contributed by atoms with Gasteiger partial charge in [-0.15, -0.1) is 0 Å². The van der Waals surface area contributed by atoms with Gasteiger partial charge in [-0.1, -0.05) is 30.7 Å². The smallest absolute Gasteiger partial charge is 0.190 e. The van der Waals surface area contributed by atoms with E-state index in [2.05, 4.69) is 51.7 Å². The Morgan fingerprint density at radius 2 is 1.95 bits per heavy atom. The Bertz CT molecular complexity index is 452. The number of piperidine rings is 1. The maximum atomic E-state index is 4.11. The minimum Gasteiger partial charge on any atom is -0.359 e. The molecule has 21 heavy (non-hydrogen) atoms. The summed E-state index contributed by atoms with van der Waals surface area (Å²) in [5.41, 5.74) is 2.69. The third-order valence-corrected chi connectivity index (χ3v) is 4.27. The molecule has 1 heterocycles. The van der Waals surface area contributed by atoms with Gasteiger partial charge in [-0.3, -0.25) is 9.89 Å². The summed E-state index contributed by atoms with van der Waals surface area (Å²) < 4.78 is 0. The predicted molar refractivity (Wildman–Crippen MR) is 89.4 cm³/mol. The normalized spacial score (nSPS) is 20.3. The first-order valence-corrected chi connectivity index (χ1v) is 7.93. The van der Waals surface area contributed by atoms with Crippen LogP contribution >= 0.6 is 0 Å². The molecule has 1 unspecified atom stereocenters. The summed E-state index contributed by atoms with van der Waals surface area (Å²) >= 11 is 0. The maximum absolute atomic E-state index is 4.11. The lowest BCUT2D eigenvalue weighted by atomic mass is 10.0. The Morgan fingerprint density at radius 1 is 1.24 bits per heavy atom. The van der Waals surface area contributed by atoms with Crippen molar-refractivity contribution in [2.24, 2.45) is 4.99 Å². The first kappa shape index (κ1) is 15.8. The van der Waals surface area contributed by atoms with E-state index >= 15 is 0 Å². The Labute approximate surface area is 128 Å². The molecule has 2 N–H and O–H groups in total. The SMILES string of the molecule is CN=C(NC)NCc1ccc(CN2CCCCC2C)cc1. The lowest BCUT2D eigenvalue weighted by Crippen LogP contribution is -2.36. The highest BCUT2D eigenvalue weighted by Crippen LogP contribution is 2.19. The van der Waals surface area contributed by atoms with Crippen LogP contribution in [0.25, 0.3) is 0 Å². The number of likely N-dealkylation sites (tertiary alicyclic amines) is 1. The van der Waals surface area contributed by atoms with E-state index in [0.29, 0.717) is 0 Å². The van der Waals surface area contributed by atoms with Gasteiger partial charge in [0.15, 0.2) is 5.96 Å². The van der Waals surface area contributed by atoms with Gasteiger partial charge in [-0.2, -0.15) is 0 Å². The van der Waals surface area contributed by atoms with Crippen LogP contribution in [0.4, 0.5) is 0 Å². The van der Waals surface area contributed by atoms with Crippen molar-refractivity contribution in [2.75, 3.05) is 20.6 Å². The van der Waals surface area contributed by atoms with Crippen LogP contribution in [0.3, 0.4) is 0 Å². The Balaban J connectivity index is 1.86. The molecule has 1 atom stereocenters. The molecule has 0 radical (unpaired) electrons. The summed E-state index contributed by atoms with van der Waals surface area (Å²) in [6.45, 7) is 5.46. The standard InChI is InChI=1S/C17H28N4/c1-14-6-4-5-11-21(14)13-16-9-7-15(8-10-16)12-20-17(18-2)19-3/h7-10,14H,4-6,11-13H2,1-3H3,(H2,18,19,20). The molecule has 4 heteroatoms. The van der Waals surface area contributed by atoms with Crippen molar-refractivity contribution in [3.8, 4) is 0 Å². The molecule has 0 bridgehead atoms. The fraction of sp³-hybridized carbons (Fsp3) is 0.588. The van der Waals surface area contributed by atoms with E-state index in [4.69, 9.17) is 0 Å². The van der Waals surface area contributed by atoms with E-state index in [1.165, 1.54) is 36.9 Å². The molecule has 116 valence electrons. The molecule has 0 saturated carbocycles. The van der Waals surface area contributed by atoms with Crippen LogP contribution in [0.1, 0.15) is 37.3 Å². The largest absolute Gasteiger partial charge is 0.359 e. The molecule has 1 aliphatic heterocycles. The Kier molecular flexibility index (Phi) is 6.05. The number of hydrogen-bond donors (Lipinski definition) is 2. The summed E-state index contributed by atoms with van der Waals surface area (Å²) in [7, 11) is 3.65. The Morgan fingerprint density at radius 3 is 2.57 bits per heavy atom. The van der Waals surface area contributed by atoms with Gasteiger partial charge in [0, 0.05) is 33.2 Å². The van der Waals surface area contributed by atoms with Crippen LogP contribution < -0.4 is 10.6 Å². The molecular weight excluding hydrogens is 260 g/mol. The number of guanidine groups is 1. The van der Waals surface area contributed by atoms with Crippen molar-refractivity contribution in [3.63, 3.8) is 0 Å². The zero-order valence-electron chi connectivity index (χ0n) is 13.5. The molecule has 0 spiro atoms. The number of nitrogens with zero attached hydrogens (tertiary/aromatic N) is 2. The monoisotopic (exact) mass is 288 g/mol. The lowest BCUT2D eigenvalue weighted by molar-refractivity contribution is 0.152. The van der Waals surface area contributed by atoms with Crippen LogP contribution in [-0.2, 0) is 13.1 Å². The zero-order chi connectivity index (χ0) is 15.1. The topological polar surface area (TPSA) is 39.7 Å². The van der Waals surface area contributed by atoms with Crippen LogP contribution in [0.2, 0.25) is 0 Å². The minimum atomic E-state index is 0.721. The molecule has 2 rings (SSSR count). The zero-order valence-corrected chi connectivity index (χ0v) is 13.5. The summed E-state index contributed by atoms with van der Waals surface area (Å²) in [5.74, 6) is 0.821. The molecule has 1 aromatic rings. The third kappa shape index (κ3) is 4.74. The first-order chi connectivity index (χ1) is 10.2. The van der Waals surface area contributed by atoms with E-state index in [-0.39, 0.29) is 0 Å². The van der Waals surface area contributed by atoms with Crippen LogP contribution in [-0.4, -0.2) is 37.5 Å². The predicted octanol–water partition coefficient (Wildman–Crippen LogP) is 2.36. The van der Waals surface area contributed by atoms with Gasteiger partial charge in [0.2, 0.25) is 0 Å². The fourth-order valence-corrected chi connectivity index (χ4v) is 2.85. The van der Waals surface area contributed by atoms with Crippen molar-refractivity contribution in [3.05, 3.63) is 35.4 Å². The van der Waals surface area contributed by atoms with Gasteiger partial charge >= 0.3 is 0 Å². The minimum absolute atomic E-state index is 0.721. The molecule has 0 aromatic heterocycles. The molecule has 1 aliphatic rings. The second kappa shape index (κ2) is 8.03. The van der Waals surface area contributed by atoms with E-state index in [1.807, 2.05) is 7.05 Å². The van der Waals surface area contributed by atoms with Gasteiger partial charge in [0.05, 0.1) is 0 Å². The lowest BCUT2D eigenvalue weighted by Gasteiger charge is -2.33. The maximum Gasteiger partial charge on any atom is 0.190 e. The molecule has 4 nitrogen and oxygen atoms in total. The van der Waals surface area contributed by atoms with E-state index < -0.39 is 0 Å². The third-order valence-electron chi connectivity index (χ3n) is 4.27. The fourth-order valence-electron chi connectivity index (χ4n) is 2.85. The summed E-state index contributed by atoms with van der Waals surface area (Å²) in [6.07, 6.45) is 4.07. The van der Waals surface area contributed by atoms with Crippen molar-refractivity contribution in [1.82, 2.24) is 15.5 Å². The number of nitrogens with one attached hydrogen (secondary N) is 2.